The third-order valence-corrected chi connectivity index (χ3v) is 5.94. The number of imidazole rings is 1. The van der Waals surface area contributed by atoms with Gasteiger partial charge in [-0.1, -0.05) is 0 Å². The molecule has 1 aliphatic rings. The van der Waals surface area contributed by atoms with Gasteiger partial charge < -0.3 is 16.8 Å². The van der Waals surface area contributed by atoms with Crippen LogP contribution in [0.1, 0.15) is 37.1 Å². The molecule has 1 saturated carbocycles. The Hall–Kier alpha value is -3.43. The van der Waals surface area contributed by atoms with Gasteiger partial charge in [-0.2, -0.15) is 0 Å². The van der Waals surface area contributed by atoms with Crippen molar-refractivity contribution in [2.75, 3.05) is 5.32 Å². The summed E-state index contributed by atoms with van der Waals surface area (Å²) in [5.74, 6) is 0.678. The molecule has 5 N–H and O–H groups in total. The maximum absolute atomic E-state index is 6.70. The van der Waals surface area contributed by atoms with E-state index in [1.165, 1.54) is 6.33 Å². The predicted molar refractivity (Wildman–Crippen MR) is 119 cm³/mol. The van der Waals surface area contributed by atoms with Gasteiger partial charge in [0.25, 0.3) is 0 Å². The zero-order valence-corrected chi connectivity index (χ0v) is 17.4. The molecular formula is C22H25N9. The number of aromatic nitrogens is 6. The maximum atomic E-state index is 6.70. The van der Waals surface area contributed by atoms with Crippen molar-refractivity contribution in [3.05, 3.63) is 60.8 Å². The van der Waals surface area contributed by atoms with Crippen molar-refractivity contribution in [1.82, 2.24) is 29.3 Å². The quantitative estimate of drug-likeness (QED) is 0.463. The van der Waals surface area contributed by atoms with Gasteiger partial charge in [0.1, 0.15) is 17.8 Å². The van der Waals surface area contributed by atoms with Crippen molar-refractivity contribution >= 4 is 17.0 Å². The fourth-order valence-corrected chi connectivity index (χ4v) is 4.08. The standard InChI is InChI=1S/C22H25N9/c1-14-9-28-21(22(24)5-2-15(23)3-6-22)30-20(14)18-12-27-19-8-16(4-7-31(18)19)29-17-10-25-13-26-11-17/h4,7-13,15,29H,2-3,5-6,23-24H2,1H3. The molecule has 9 nitrogen and oxygen atoms in total. The zero-order valence-electron chi connectivity index (χ0n) is 17.4. The molecule has 4 aromatic rings. The maximum Gasteiger partial charge on any atom is 0.148 e. The zero-order chi connectivity index (χ0) is 21.4. The van der Waals surface area contributed by atoms with Crippen LogP contribution in [-0.2, 0) is 5.54 Å². The Morgan fingerprint density at radius 2 is 1.84 bits per heavy atom. The van der Waals surface area contributed by atoms with E-state index in [2.05, 4.69) is 25.3 Å². The average Bonchev–Trinajstić information content (AvgIpc) is 3.20. The molecule has 0 saturated heterocycles. The molecule has 31 heavy (non-hydrogen) atoms. The van der Waals surface area contributed by atoms with E-state index < -0.39 is 5.54 Å². The molecule has 1 aliphatic carbocycles. The van der Waals surface area contributed by atoms with E-state index in [0.717, 1.165) is 59.7 Å². The van der Waals surface area contributed by atoms with Crippen LogP contribution in [0.2, 0.25) is 0 Å². The number of hydrogen-bond donors (Lipinski definition) is 3. The van der Waals surface area contributed by atoms with Gasteiger partial charge >= 0.3 is 0 Å². The van der Waals surface area contributed by atoms with Crippen molar-refractivity contribution < 1.29 is 0 Å². The van der Waals surface area contributed by atoms with E-state index in [1.807, 2.05) is 42.0 Å². The molecule has 0 radical (unpaired) electrons. The lowest BCUT2D eigenvalue weighted by molar-refractivity contribution is 0.264. The molecule has 9 heteroatoms. The van der Waals surface area contributed by atoms with Gasteiger partial charge in [-0.05, 0) is 44.2 Å². The molecule has 4 heterocycles. The van der Waals surface area contributed by atoms with E-state index in [-0.39, 0.29) is 6.04 Å². The number of fused-ring (bicyclic) bond motifs is 1. The summed E-state index contributed by atoms with van der Waals surface area (Å²) < 4.78 is 2.02. The van der Waals surface area contributed by atoms with E-state index in [0.29, 0.717) is 5.82 Å². The first-order valence-corrected chi connectivity index (χ1v) is 10.4. The Bertz CT molecular complexity index is 1210. The third kappa shape index (κ3) is 3.73. The molecular weight excluding hydrogens is 390 g/mol. The highest BCUT2D eigenvalue weighted by atomic mass is 15.0. The van der Waals surface area contributed by atoms with Gasteiger partial charge in [-0.15, -0.1) is 0 Å². The normalized spacial score (nSPS) is 21.3. The molecule has 158 valence electrons. The second-order valence-corrected chi connectivity index (χ2v) is 8.26. The molecule has 0 bridgehead atoms. The van der Waals surface area contributed by atoms with Crippen molar-refractivity contribution in [2.24, 2.45) is 11.5 Å². The summed E-state index contributed by atoms with van der Waals surface area (Å²) in [6, 6.07) is 4.17. The van der Waals surface area contributed by atoms with Gasteiger partial charge in [-0.3, -0.25) is 4.40 Å². The molecule has 0 amide bonds. The minimum Gasteiger partial charge on any atom is -0.353 e. The number of nitrogens with two attached hydrogens (primary N) is 2. The summed E-state index contributed by atoms with van der Waals surface area (Å²) in [5, 5.41) is 3.29. The third-order valence-electron chi connectivity index (χ3n) is 5.94. The summed E-state index contributed by atoms with van der Waals surface area (Å²) in [6.07, 6.45) is 14.0. The highest BCUT2D eigenvalue weighted by molar-refractivity contribution is 5.68. The molecule has 0 aliphatic heterocycles. The minimum absolute atomic E-state index is 0.214. The van der Waals surface area contributed by atoms with Crippen molar-refractivity contribution in [1.29, 1.82) is 0 Å². The second kappa shape index (κ2) is 7.68. The summed E-state index contributed by atoms with van der Waals surface area (Å²) in [6.45, 7) is 2.00. The largest absolute Gasteiger partial charge is 0.353 e. The molecule has 0 unspecified atom stereocenters. The molecule has 0 spiro atoms. The van der Waals surface area contributed by atoms with Crippen LogP contribution >= 0.6 is 0 Å². The average molecular weight is 416 g/mol. The van der Waals surface area contributed by atoms with Crippen LogP contribution in [0.5, 0.6) is 0 Å². The lowest BCUT2D eigenvalue weighted by Gasteiger charge is -2.34. The number of aryl methyl sites for hydroxylation is 1. The molecule has 1 fully saturated rings. The summed E-state index contributed by atoms with van der Waals surface area (Å²) in [7, 11) is 0. The Morgan fingerprint density at radius 1 is 1.06 bits per heavy atom. The molecule has 4 aromatic heterocycles. The second-order valence-electron chi connectivity index (χ2n) is 8.26. The minimum atomic E-state index is -0.534. The Balaban J connectivity index is 1.49. The van der Waals surface area contributed by atoms with E-state index in [1.54, 1.807) is 12.4 Å². The smallest absolute Gasteiger partial charge is 0.148 e. The van der Waals surface area contributed by atoms with E-state index in [4.69, 9.17) is 16.5 Å². The first-order valence-electron chi connectivity index (χ1n) is 10.4. The fourth-order valence-electron chi connectivity index (χ4n) is 4.08. The SMILES string of the molecule is Cc1cnc(C2(N)CCC(N)CC2)nc1-c1cnc2cc(Nc3cncnc3)ccn12. The van der Waals surface area contributed by atoms with Crippen molar-refractivity contribution in [3.8, 4) is 11.4 Å². The molecule has 0 aromatic carbocycles. The topological polar surface area (TPSA) is 133 Å². The molecule has 0 atom stereocenters. The van der Waals surface area contributed by atoms with Crippen molar-refractivity contribution in [3.63, 3.8) is 0 Å². The number of anilines is 2. The van der Waals surface area contributed by atoms with Crippen molar-refractivity contribution in [2.45, 2.75) is 44.2 Å². The first kappa shape index (κ1) is 19.5. The van der Waals surface area contributed by atoms with E-state index in [9.17, 15) is 0 Å². The summed E-state index contributed by atoms with van der Waals surface area (Å²) >= 11 is 0. The Kier molecular flexibility index (Phi) is 4.84. The van der Waals surface area contributed by atoms with Gasteiger partial charge in [0.05, 0.1) is 41.2 Å². The van der Waals surface area contributed by atoms with Crippen LogP contribution in [0.3, 0.4) is 0 Å². The Labute approximate surface area is 180 Å². The van der Waals surface area contributed by atoms with Gasteiger partial charge in [0.15, 0.2) is 0 Å². The fraction of sp³-hybridized carbons (Fsp3) is 0.318. The van der Waals surface area contributed by atoms with Crippen LogP contribution in [0.4, 0.5) is 11.4 Å². The van der Waals surface area contributed by atoms with Gasteiger partial charge in [-0.25, -0.2) is 24.9 Å². The van der Waals surface area contributed by atoms with Crippen LogP contribution < -0.4 is 16.8 Å². The summed E-state index contributed by atoms with van der Waals surface area (Å²) in [4.78, 5) is 22.1. The van der Waals surface area contributed by atoms with Crippen LogP contribution in [-0.4, -0.2) is 35.4 Å². The Morgan fingerprint density at radius 3 is 2.61 bits per heavy atom. The lowest BCUT2D eigenvalue weighted by atomic mass is 9.79. The first-order chi connectivity index (χ1) is 15.0. The number of nitrogens with zero attached hydrogens (tertiary/aromatic N) is 6. The number of hydrogen-bond acceptors (Lipinski definition) is 8. The van der Waals surface area contributed by atoms with Crippen LogP contribution in [0.25, 0.3) is 17.0 Å². The number of rotatable bonds is 4. The highest BCUT2D eigenvalue weighted by Gasteiger charge is 2.35. The number of pyridine rings is 1. The molecule has 5 rings (SSSR count). The lowest BCUT2D eigenvalue weighted by Crippen LogP contribution is -2.45. The monoisotopic (exact) mass is 415 g/mol. The highest BCUT2D eigenvalue weighted by Crippen LogP contribution is 2.34. The number of nitrogens with one attached hydrogen (secondary N) is 1. The van der Waals surface area contributed by atoms with E-state index >= 15 is 0 Å². The van der Waals surface area contributed by atoms with Gasteiger partial charge in [0, 0.05) is 30.2 Å². The van der Waals surface area contributed by atoms with Crippen LogP contribution in [0.15, 0.2) is 49.4 Å². The summed E-state index contributed by atoms with van der Waals surface area (Å²) in [5.41, 5.74) is 17.5. The predicted octanol–water partition coefficient (Wildman–Crippen LogP) is 2.69. The van der Waals surface area contributed by atoms with Gasteiger partial charge in [0.2, 0.25) is 0 Å². The van der Waals surface area contributed by atoms with Crippen LogP contribution in [0, 0.1) is 6.92 Å².